The molecule has 5 heteroatoms. The number of rotatable bonds is 4. The van der Waals surface area contributed by atoms with Crippen LogP contribution in [0.1, 0.15) is 44.3 Å². The second kappa shape index (κ2) is 5.47. The number of carboxylic acid groups (broad SMARTS) is 1. The molecule has 1 heterocycles. The topological polar surface area (TPSA) is 55.1 Å². The largest absolute Gasteiger partial charge is 0.481 e. The third-order valence-corrected chi connectivity index (χ3v) is 4.33. The lowest BCUT2D eigenvalue weighted by Gasteiger charge is -2.13. The predicted octanol–water partition coefficient (Wildman–Crippen LogP) is 3.55. The summed E-state index contributed by atoms with van der Waals surface area (Å²) in [6.45, 7) is 2.92. The molecule has 2 atom stereocenters. The van der Waals surface area contributed by atoms with Crippen molar-refractivity contribution in [2.45, 2.75) is 45.1 Å². The number of aryl methyl sites for hydroxylation is 1. The van der Waals surface area contributed by atoms with Crippen molar-refractivity contribution in [3.05, 3.63) is 29.8 Å². The minimum atomic E-state index is -0.721. The number of halogens is 1. The maximum absolute atomic E-state index is 13.4. The number of carbonyl (C=O) groups is 1. The third kappa shape index (κ3) is 2.52. The zero-order valence-electron chi connectivity index (χ0n) is 12.1. The van der Waals surface area contributed by atoms with E-state index in [1.807, 2.05) is 0 Å². The zero-order chi connectivity index (χ0) is 15.0. The first-order chi connectivity index (χ1) is 10.1. The van der Waals surface area contributed by atoms with Gasteiger partial charge < -0.3 is 9.67 Å². The quantitative estimate of drug-likeness (QED) is 0.936. The molecule has 1 saturated carbocycles. The number of imidazole rings is 1. The molecular weight excluding hydrogens is 271 g/mol. The Hall–Kier alpha value is -1.91. The van der Waals surface area contributed by atoms with Crippen LogP contribution in [0, 0.1) is 11.7 Å². The van der Waals surface area contributed by atoms with Gasteiger partial charge in [-0.2, -0.15) is 0 Å². The van der Waals surface area contributed by atoms with Gasteiger partial charge in [0.05, 0.1) is 17.0 Å². The van der Waals surface area contributed by atoms with Gasteiger partial charge in [0.1, 0.15) is 11.6 Å². The predicted molar refractivity (Wildman–Crippen MR) is 77.7 cm³/mol. The molecule has 2 unspecified atom stereocenters. The summed E-state index contributed by atoms with van der Waals surface area (Å²) >= 11 is 0. The molecule has 1 aromatic carbocycles. The Labute approximate surface area is 122 Å². The molecule has 112 valence electrons. The van der Waals surface area contributed by atoms with Crippen LogP contribution >= 0.6 is 0 Å². The Kier molecular flexibility index (Phi) is 3.66. The van der Waals surface area contributed by atoms with Crippen molar-refractivity contribution in [3.63, 3.8) is 0 Å². The number of aliphatic carboxylic acids is 1. The van der Waals surface area contributed by atoms with E-state index >= 15 is 0 Å². The standard InChI is InChI=1S/C16H19FN2O2/c1-2-7-19-14-6-5-12(17)9-13(14)18-15(19)10-3-4-11(8-10)16(20)21/h5-6,9-11H,2-4,7-8H2,1H3,(H,20,21). The van der Waals surface area contributed by atoms with Gasteiger partial charge >= 0.3 is 5.97 Å². The van der Waals surface area contributed by atoms with Crippen molar-refractivity contribution in [2.75, 3.05) is 0 Å². The molecule has 0 aliphatic heterocycles. The first kappa shape index (κ1) is 14.0. The normalized spacial score (nSPS) is 22.0. The molecule has 1 fully saturated rings. The van der Waals surface area contributed by atoms with E-state index in [9.17, 15) is 9.18 Å². The lowest BCUT2D eigenvalue weighted by molar-refractivity contribution is -0.141. The molecule has 0 amide bonds. The maximum Gasteiger partial charge on any atom is 0.306 e. The van der Waals surface area contributed by atoms with E-state index in [1.165, 1.54) is 12.1 Å². The lowest BCUT2D eigenvalue weighted by Crippen LogP contribution is -2.11. The molecule has 1 N–H and O–H groups in total. The van der Waals surface area contributed by atoms with E-state index in [-0.39, 0.29) is 17.7 Å². The van der Waals surface area contributed by atoms with Crippen molar-refractivity contribution in [1.29, 1.82) is 0 Å². The highest BCUT2D eigenvalue weighted by molar-refractivity contribution is 5.76. The molecule has 1 aromatic heterocycles. The fraction of sp³-hybridized carbons (Fsp3) is 0.500. The zero-order valence-corrected chi connectivity index (χ0v) is 12.1. The monoisotopic (exact) mass is 290 g/mol. The number of nitrogens with zero attached hydrogens (tertiary/aromatic N) is 2. The van der Waals surface area contributed by atoms with E-state index in [2.05, 4.69) is 16.5 Å². The number of hydrogen-bond acceptors (Lipinski definition) is 2. The average molecular weight is 290 g/mol. The Morgan fingerprint density at radius 1 is 1.48 bits per heavy atom. The van der Waals surface area contributed by atoms with Gasteiger partial charge in [-0.1, -0.05) is 6.92 Å². The van der Waals surface area contributed by atoms with E-state index in [4.69, 9.17) is 5.11 Å². The van der Waals surface area contributed by atoms with E-state index in [0.717, 1.165) is 30.7 Å². The maximum atomic E-state index is 13.4. The van der Waals surface area contributed by atoms with Crippen LogP contribution in [0.2, 0.25) is 0 Å². The molecule has 3 rings (SSSR count). The molecule has 2 aromatic rings. The number of benzene rings is 1. The van der Waals surface area contributed by atoms with E-state index in [0.29, 0.717) is 18.4 Å². The summed E-state index contributed by atoms with van der Waals surface area (Å²) in [4.78, 5) is 15.7. The van der Waals surface area contributed by atoms with Crippen LogP contribution in [-0.4, -0.2) is 20.6 Å². The number of hydrogen-bond donors (Lipinski definition) is 1. The van der Waals surface area contributed by atoms with Gasteiger partial charge in [-0.3, -0.25) is 4.79 Å². The van der Waals surface area contributed by atoms with Crippen molar-refractivity contribution in [2.24, 2.45) is 5.92 Å². The molecule has 0 bridgehead atoms. The van der Waals surface area contributed by atoms with Gasteiger partial charge in [0.15, 0.2) is 0 Å². The average Bonchev–Trinajstić information content (AvgIpc) is 3.04. The highest BCUT2D eigenvalue weighted by atomic mass is 19.1. The number of carboxylic acids is 1. The van der Waals surface area contributed by atoms with Crippen LogP contribution in [0.15, 0.2) is 18.2 Å². The first-order valence-electron chi connectivity index (χ1n) is 7.48. The summed E-state index contributed by atoms with van der Waals surface area (Å²) in [5.74, 6) is -0.206. The molecule has 0 saturated heterocycles. The van der Waals surface area contributed by atoms with Gasteiger partial charge in [0.25, 0.3) is 0 Å². The highest BCUT2D eigenvalue weighted by Crippen LogP contribution is 2.39. The van der Waals surface area contributed by atoms with Gasteiger partial charge in [-0.05, 0) is 37.8 Å². The summed E-state index contributed by atoms with van der Waals surface area (Å²) in [5.41, 5.74) is 1.60. The fourth-order valence-electron chi connectivity index (χ4n) is 3.33. The van der Waals surface area contributed by atoms with Crippen LogP contribution in [0.5, 0.6) is 0 Å². The Bertz CT molecular complexity index is 680. The Balaban J connectivity index is 2.01. The Morgan fingerprint density at radius 2 is 2.29 bits per heavy atom. The van der Waals surface area contributed by atoms with Gasteiger partial charge in [-0.15, -0.1) is 0 Å². The smallest absolute Gasteiger partial charge is 0.306 e. The fourth-order valence-corrected chi connectivity index (χ4v) is 3.33. The Morgan fingerprint density at radius 3 is 2.95 bits per heavy atom. The second-order valence-electron chi connectivity index (χ2n) is 5.80. The second-order valence-corrected chi connectivity index (χ2v) is 5.80. The molecule has 1 aliphatic rings. The molecule has 21 heavy (non-hydrogen) atoms. The first-order valence-corrected chi connectivity index (χ1v) is 7.48. The highest BCUT2D eigenvalue weighted by Gasteiger charge is 2.33. The minimum Gasteiger partial charge on any atom is -0.481 e. The van der Waals surface area contributed by atoms with Crippen molar-refractivity contribution < 1.29 is 14.3 Å². The SMILES string of the molecule is CCCn1c(C2CCC(C(=O)O)C2)nc2cc(F)ccc21. The number of aromatic nitrogens is 2. The van der Waals surface area contributed by atoms with E-state index < -0.39 is 5.97 Å². The van der Waals surface area contributed by atoms with Crippen LogP contribution in [0.4, 0.5) is 4.39 Å². The van der Waals surface area contributed by atoms with E-state index in [1.54, 1.807) is 6.07 Å². The molecule has 0 radical (unpaired) electrons. The summed E-state index contributed by atoms with van der Waals surface area (Å²) in [6, 6.07) is 4.67. The number of fused-ring (bicyclic) bond motifs is 1. The summed E-state index contributed by atoms with van der Waals surface area (Å²) in [5, 5.41) is 9.15. The van der Waals surface area contributed by atoms with Crippen LogP contribution in [0.25, 0.3) is 11.0 Å². The van der Waals surface area contributed by atoms with Gasteiger partial charge in [0.2, 0.25) is 0 Å². The molecule has 0 spiro atoms. The van der Waals surface area contributed by atoms with Gasteiger partial charge in [0, 0.05) is 18.5 Å². The van der Waals surface area contributed by atoms with Crippen LogP contribution in [0.3, 0.4) is 0 Å². The van der Waals surface area contributed by atoms with Gasteiger partial charge in [-0.25, -0.2) is 9.37 Å². The lowest BCUT2D eigenvalue weighted by atomic mass is 10.0. The minimum absolute atomic E-state index is 0.160. The van der Waals surface area contributed by atoms with Crippen molar-refractivity contribution in [1.82, 2.24) is 9.55 Å². The van der Waals surface area contributed by atoms with Crippen LogP contribution < -0.4 is 0 Å². The van der Waals surface area contributed by atoms with Crippen LogP contribution in [-0.2, 0) is 11.3 Å². The molecular formula is C16H19FN2O2. The summed E-state index contributed by atoms with van der Waals surface area (Å²) < 4.78 is 15.5. The third-order valence-electron chi connectivity index (χ3n) is 4.33. The molecule has 4 nitrogen and oxygen atoms in total. The van der Waals surface area contributed by atoms with Crippen molar-refractivity contribution in [3.8, 4) is 0 Å². The molecule has 1 aliphatic carbocycles. The van der Waals surface area contributed by atoms with Crippen molar-refractivity contribution >= 4 is 17.0 Å². The summed E-state index contributed by atoms with van der Waals surface area (Å²) in [7, 11) is 0. The summed E-state index contributed by atoms with van der Waals surface area (Å²) in [6.07, 6.45) is 3.13.